The Labute approximate surface area is 77.5 Å². The van der Waals surface area contributed by atoms with Crippen LogP contribution >= 0.6 is 0 Å². The smallest absolute Gasteiger partial charge is 0.123 e. The Morgan fingerprint density at radius 2 is 2.23 bits per heavy atom. The zero-order valence-corrected chi connectivity index (χ0v) is 7.88. The summed E-state index contributed by atoms with van der Waals surface area (Å²) in [6.45, 7) is 4.12. The molecule has 1 aromatic rings. The van der Waals surface area contributed by atoms with E-state index in [1.165, 1.54) is 12.1 Å². The Hall–Kier alpha value is -1.09. The summed E-state index contributed by atoms with van der Waals surface area (Å²) in [7, 11) is 0. The lowest BCUT2D eigenvalue weighted by molar-refractivity contribution is 0.294. The van der Waals surface area contributed by atoms with Crippen LogP contribution in [-0.4, -0.2) is 12.6 Å². The number of rotatable bonds is 3. The van der Waals surface area contributed by atoms with E-state index in [2.05, 4.69) is 0 Å². The van der Waals surface area contributed by atoms with E-state index in [0.29, 0.717) is 12.4 Å². The molecule has 72 valence electrons. The first-order valence-electron chi connectivity index (χ1n) is 4.24. The highest BCUT2D eigenvalue weighted by Gasteiger charge is 2.01. The number of halogens is 1. The Morgan fingerprint density at radius 1 is 1.54 bits per heavy atom. The number of ether oxygens (including phenoxy) is 1. The van der Waals surface area contributed by atoms with Gasteiger partial charge in [0.15, 0.2) is 0 Å². The van der Waals surface area contributed by atoms with Crippen molar-refractivity contribution in [1.82, 2.24) is 0 Å². The minimum absolute atomic E-state index is 0.00977. The number of benzene rings is 1. The lowest BCUT2D eigenvalue weighted by atomic mass is 10.2. The molecule has 0 fully saturated rings. The molecule has 2 nitrogen and oxygen atoms in total. The van der Waals surface area contributed by atoms with Crippen LogP contribution in [0.1, 0.15) is 12.5 Å². The SMILES string of the molecule is Cc1cc(F)ccc1OCC(C)N. The van der Waals surface area contributed by atoms with Gasteiger partial charge in [0, 0.05) is 6.04 Å². The summed E-state index contributed by atoms with van der Waals surface area (Å²) < 4.78 is 18.0. The Bertz CT molecular complexity index is 286. The fraction of sp³-hybridized carbons (Fsp3) is 0.400. The highest BCUT2D eigenvalue weighted by atomic mass is 19.1. The number of aryl methyl sites for hydroxylation is 1. The van der Waals surface area contributed by atoms with Crippen molar-refractivity contribution in [2.45, 2.75) is 19.9 Å². The molecular formula is C10H14FNO. The van der Waals surface area contributed by atoms with Crippen molar-refractivity contribution >= 4 is 0 Å². The van der Waals surface area contributed by atoms with Crippen LogP contribution < -0.4 is 10.5 Å². The predicted octanol–water partition coefficient (Wildman–Crippen LogP) is 1.86. The van der Waals surface area contributed by atoms with Crippen LogP contribution in [0, 0.1) is 12.7 Å². The quantitative estimate of drug-likeness (QED) is 0.776. The van der Waals surface area contributed by atoms with E-state index < -0.39 is 0 Å². The molecule has 0 amide bonds. The lowest BCUT2D eigenvalue weighted by Crippen LogP contribution is -2.23. The van der Waals surface area contributed by atoms with Crippen LogP contribution in [0.3, 0.4) is 0 Å². The van der Waals surface area contributed by atoms with Crippen LogP contribution in [0.25, 0.3) is 0 Å². The van der Waals surface area contributed by atoms with Crippen LogP contribution in [0.2, 0.25) is 0 Å². The molecule has 1 rings (SSSR count). The second-order valence-corrected chi connectivity index (χ2v) is 3.20. The normalized spacial score (nSPS) is 12.6. The summed E-state index contributed by atoms with van der Waals surface area (Å²) in [5.74, 6) is 0.448. The molecule has 2 N–H and O–H groups in total. The van der Waals surface area contributed by atoms with E-state index in [9.17, 15) is 4.39 Å². The third-order valence-electron chi connectivity index (χ3n) is 1.64. The Morgan fingerprint density at radius 3 is 2.77 bits per heavy atom. The summed E-state index contributed by atoms with van der Waals surface area (Å²) >= 11 is 0. The standard InChI is InChI=1S/C10H14FNO/c1-7-5-9(11)3-4-10(7)13-6-8(2)12/h3-5,8H,6,12H2,1-2H3. The molecule has 0 bridgehead atoms. The van der Waals surface area contributed by atoms with Crippen LogP contribution in [0.15, 0.2) is 18.2 Å². The molecule has 1 aromatic carbocycles. The first-order valence-corrected chi connectivity index (χ1v) is 4.24. The number of hydrogen-bond donors (Lipinski definition) is 1. The monoisotopic (exact) mass is 183 g/mol. The maximum Gasteiger partial charge on any atom is 0.123 e. The van der Waals surface area contributed by atoms with Gasteiger partial charge in [0.05, 0.1) is 0 Å². The van der Waals surface area contributed by atoms with E-state index in [1.807, 2.05) is 6.92 Å². The van der Waals surface area contributed by atoms with Gasteiger partial charge in [-0.1, -0.05) is 0 Å². The molecule has 3 heteroatoms. The molecule has 0 spiro atoms. The van der Waals surface area contributed by atoms with Gasteiger partial charge in [-0.05, 0) is 37.6 Å². The minimum atomic E-state index is -0.245. The topological polar surface area (TPSA) is 35.2 Å². The Balaban J connectivity index is 2.67. The minimum Gasteiger partial charge on any atom is -0.492 e. The van der Waals surface area contributed by atoms with Crippen molar-refractivity contribution in [3.05, 3.63) is 29.6 Å². The van der Waals surface area contributed by atoms with Crippen molar-refractivity contribution in [1.29, 1.82) is 0 Å². The van der Waals surface area contributed by atoms with Gasteiger partial charge in [-0.2, -0.15) is 0 Å². The fourth-order valence-corrected chi connectivity index (χ4v) is 0.996. The molecule has 1 atom stereocenters. The summed E-state index contributed by atoms with van der Waals surface area (Å²) in [6.07, 6.45) is 0. The summed E-state index contributed by atoms with van der Waals surface area (Å²) in [5, 5.41) is 0. The third kappa shape index (κ3) is 3.03. The molecular weight excluding hydrogens is 169 g/mol. The van der Waals surface area contributed by atoms with Gasteiger partial charge in [-0.25, -0.2) is 4.39 Å². The summed E-state index contributed by atoms with van der Waals surface area (Å²) in [6, 6.07) is 4.43. The van der Waals surface area contributed by atoms with E-state index in [4.69, 9.17) is 10.5 Å². The first kappa shape index (κ1) is 9.99. The number of hydrogen-bond acceptors (Lipinski definition) is 2. The van der Waals surface area contributed by atoms with Crippen molar-refractivity contribution in [3.63, 3.8) is 0 Å². The lowest BCUT2D eigenvalue weighted by Gasteiger charge is -2.10. The average Bonchev–Trinajstić information content (AvgIpc) is 2.02. The summed E-state index contributed by atoms with van der Waals surface area (Å²) in [5.41, 5.74) is 6.31. The van der Waals surface area contributed by atoms with Gasteiger partial charge in [-0.15, -0.1) is 0 Å². The largest absolute Gasteiger partial charge is 0.492 e. The second-order valence-electron chi connectivity index (χ2n) is 3.20. The molecule has 0 aliphatic carbocycles. The van der Waals surface area contributed by atoms with Gasteiger partial charge < -0.3 is 10.5 Å². The van der Waals surface area contributed by atoms with Crippen LogP contribution in [-0.2, 0) is 0 Å². The van der Waals surface area contributed by atoms with Crippen molar-refractivity contribution in [2.75, 3.05) is 6.61 Å². The molecule has 13 heavy (non-hydrogen) atoms. The predicted molar refractivity (Wildman–Crippen MR) is 50.3 cm³/mol. The highest BCUT2D eigenvalue weighted by molar-refractivity contribution is 5.32. The third-order valence-corrected chi connectivity index (χ3v) is 1.64. The zero-order chi connectivity index (χ0) is 9.84. The zero-order valence-electron chi connectivity index (χ0n) is 7.88. The fourth-order valence-electron chi connectivity index (χ4n) is 0.996. The van der Waals surface area contributed by atoms with Crippen molar-refractivity contribution < 1.29 is 9.13 Å². The van der Waals surface area contributed by atoms with Gasteiger partial charge in [0.25, 0.3) is 0 Å². The molecule has 1 unspecified atom stereocenters. The van der Waals surface area contributed by atoms with Gasteiger partial charge in [-0.3, -0.25) is 0 Å². The van der Waals surface area contributed by atoms with Crippen molar-refractivity contribution in [3.8, 4) is 5.75 Å². The summed E-state index contributed by atoms with van der Waals surface area (Å²) in [4.78, 5) is 0. The van der Waals surface area contributed by atoms with Gasteiger partial charge >= 0.3 is 0 Å². The van der Waals surface area contributed by atoms with Crippen molar-refractivity contribution in [2.24, 2.45) is 5.73 Å². The van der Waals surface area contributed by atoms with Crippen LogP contribution in [0.5, 0.6) is 5.75 Å². The molecule has 0 heterocycles. The second kappa shape index (κ2) is 4.23. The maximum absolute atomic E-state index is 12.7. The van der Waals surface area contributed by atoms with Gasteiger partial charge in [0.1, 0.15) is 18.2 Å². The van der Waals surface area contributed by atoms with E-state index in [0.717, 1.165) is 5.56 Å². The van der Waals surface area contributed by atoms with Gasteiger partial charge in [0.2, 0.25) is 0 Å². The van der Waals surface area contributed by atoms with E-state index >= 15 is 0 Å². The average molecular weight is 183 g/mol. The maximum atomic E-state index is 12.7. The highest BCUT2D eigenvalue weighted by Crippen LogP contribution is 2.18. The molecule has 0 radical (unpaired) electrons. The molecule has 0 aliphatic heterocycles. The van der Waals surface area contributed by atoms with E-state index in [1.54, 1.807) is 13.0 Å². The molecule has 0 saturated carbocycles. The van der Waals surface area contributed by atoms with Crippen LogP contribution in [0.4, 0.5) is 4.39 Å². The van der Waals surface area contributed by atoms with E-state index in [-0.39, 0.29) is 11.9 Å². The first-order chi connectivity index (χ1) is 6.09. The number of nitrogens with two attached hydrogens (primary N) is 1. The molecule has 0 saturated heterocycles. The Kier molecular flexibility index (Phi) is 3.25. The molecule has 0 aromatic heterocycles. The molecule has 0 aliphatic rings.